The molecule has 0 fully saturated rings. The predicted molar refractivity (Wildman–Crippen MR) is 54.6 cm³/mol. The zero-order chi connectivity index (χ0) is 12.1. The molecule has 0 aliphatic carbocycles. The summed E-state index contributed by atoms with van der Waals surface area (Å²) in [6.07, 6.45) is -3.00. The molecule has 0 spiro atoms. The number of carbonyl (C=O) groups excluding carboxylic acids is 2. The van der Waals surface area contributed by atoms with Crippen LogP contribution in [0.4, 0.5) is 8.78 Å². The molecular weight excluding hydrogens is 238 g/mol. The highest BCUT2D eigenvalue weighted by Gasteiger charge is 2.16. The number of ether oxygens (including phenoxy) is 1. The van der Waals surface area contributed by atoms with Crippen LogP contribution in [0, 0.1) is 0 Å². The van der Waals surface area contributed by atoms with E-state index in [0.29, 0.717) is 22.2 Å². The fourth-order valence-electron chi connectivity index (χ4n) is 0.938. The van der Waals surface area contributed by atoms with Crippen molar-refractivity contribution in [1.29, 1.82) is 0 Å². The van der Waals surface area contributed by atoms with Crippen LogP contribution in [0.25, 0.3) is 0 Å². The van der Waals surface area contributed by atoms with E-state index in [1.807, 2.05) is 0 Å². The van der Waals surface area contributed by atoms with Crippen molar-refractivity contribution in [2.24, 2.45) is 0 Å². The average molecular weight is 246 g/mol. The summed E-state index contributed by atoms with van der Waals surface area (Å²) >= 11 is 0.439. The van der Waals surface area contributed by atoms with Gasteiger partial charge in [-0.3, -0.25) is 4.79 Å². The molecule has 16 heavy (non-hydrogen) atoms. The van der Waals surface area contributed by atoms with Gasteiger partial charge in [0.1, 0.15) is 0 Å². The van der Waals surface area contributed by atoms with Gasteiger partial charge < -0.3 is 4.74 Å². The summed E-state index contributed by atoms with van der Waals surface area (Å²) in [5.41, 5.74) is 0.302. The average Bonchev–Trinajstić information content (AvgIpc) is 2.28. The predicted octanol–water partition coefficient (Wildman–Crippen LogP) is 2.36. The molecule has 0 amide bonds. The number of halogens is 2. The first-order chi connectivity index (χ1) is 7.54. The molecule has 86 valence electrons. The lowest BCUT2D eigenvalue weighted by Gasteiger charge is -2.01. The number of hydrogen-bond donors (Lipinski definition) is 0. The normalized spacial score (nSPS) is 10.2. The fourth-order valence-corrected chi connectivity index (χ4v) is 1.53. The van der Waals surface area contributed by atoms with Gasteiger partial charge in [0.15, 0.2) is 0 Å². The highest BCUT2D eigenvalue weighted by Crippen LogP contribution is 2.22. The Balaban J connectivity index is 2.72. The second-order valence-corrected chi connectivity index (χ2v) is 3.82. The molecule has 0 atom stereocenters. The number of thioether (sulfide) groups is 1. The van der Waals surface area contributed by atoms with Crippen LogP contribution in [0.15, 0.2) is 29.2 Å². The maximum atomic E-state index is 11.9. The van der Waals surface area contributed by atoms with E-state index in [0.717, 1.165) is 0 Å². The van der Waals surface area contributed by atoms with Crippen LogP contribution in [0.2, 0.25) is 0 Å². The third-order valence-electron chi connectivity index (χ3n) is 1.67. The fraction of sp³-hybridized carbons (Fsp3) is 0.200. The topological polar surface area (TPSA) is 43.4 Å². The zero-order valence-corrected chi connectivity index (χ0v) is 9.09. The van der Waals surface area contributed by atoms with Gasteiger partial charge in [-0.15, -0.1) is 0 Å². The maximum Gasteiger partial charge on any atom is 0.337 e. The van der Waals surface area contributed by atoms with Crippen molar-refractivity contribution >= 4 is 22.8 Å². The van der Waals surface area contributed by atoms with E-state index in [4.69, 9.17) is 0 Å². The monoisotopic (exact) mass is 246 g/mol. The number of alkyl halides is 2. The van der Waals surface area contributed by atoms with Crippen LogP contribution in [0.3, 0.4) is 0 Å². The van der Waals surface area contributed by atoms with E-state index < -0.39 is 17.5 Å². The Morgan fingerprint density at radius 2 is 1.81 bits per heavy atom. The molecule has 0 unspecified atom stereocenters. The standard InChI is InChI=1S/C10H8F2O3S/c1-15-9(13)6-2-4-7(5-3-6)16-10(14)8(11)12/h2-5,8H,1H3. The summed E-state index contributed by atoms with van der Waals surface area (Å²) in [6, 6.07) is 5.65. The molecule has 1 aromatic carbocycles. The first kappa shape index (κ1) is 12.6. The van der Waals surface area contributed by atoms with Gasteiger partial charge in [-0.25, -0.2) is 13.6 Å². The largest absolute Gasteiger partial charge is 0.465 e. The Kier molecular flexibility index (Phi) is 4.42. The van der Waals surface area contributed by atoms with E-state index in [9.17, 15) is 18.4 Å². The second kappa shape index (κ2) is 5.60. The number of methoxy groups -OCH3 is 1. The lowest BCUT2D eigenvalue weighted by Crippen LogP contribution is -2.04. The highest BCUT2D eigenvalue weighted by atomic mass is 32.2. The number of benzene rings is 1. The van der Waals surface area contributed by atoms with Crippen molar-refractivity contribution in [1.82, 2.24) is 0 Å². The lowest BCUT2D eigenvalue weighted by atomic mass is 10.2. The minimum Gasteiger partial charge on any atom is -0.465 e. The van der Waals surface area contributed by atoms with E-state index in [2.05, 4.69) is 4.74 Å². The first-order valence-corrected chi connectivity index (χ1v) is 5.04. The van der Waals surface area contributed by atoms with E-state index >= 15 is 0 Å². The molecule has 0 N–H and O–H groups in total. The molecule has 6 heteroatoms. The van der Waals surface area contributed by atoms with Crippen LogP contribution < -0.4 is 0 Å². The van der Waals surface area contributed by atoms with E-state index in [1.54, 1.807) is 0 Å². The van der Waals surface area contributed by atoms with Crippen molar-refractivity contribution in [3.8, 4) is 0 Å². The number of carbonyl (C=O) groups is 2. The van der Waals surface area contributed by atoms with Crippen LogP contribution in [0.5, 0.6) is 0 Å². The Labute approximate surface area is 94.8 Å². The van der Waals surface area contributed by atoms with Crippen LogP contribution in [-0.2, 0) is 9.53 Å². The van der Waals surface area contributed by atoms with Gasteiger partial charge in [0.25, 0.3) is 5.12 Å². The molecule has 0 saturated carbocycles. The summed E-state index contributed by atoms with van der Waals surface area (Å²) in [4.78, 5) is 22.1. The summed E-state index contributed by atoms with van der Waals surface area (Å²) in [5, 5.41) is -1.22. The minimum atomic E-state index is -3.00. The van der Waals surface area contributed by atoms with Crippen LogP contribution in [-0.4, -0.2) is 24.6 Å². The molecule has 0 aliphatic rings. The second-order valence-electron chi connectivity index (χ2n) is 2.74. The number of hydrogen-bond acceptors (Lipinski definition) is 4. The van der Waals surface area contributed by atoms with E-state index in [1.165, 1.54) is 31.4 Å². The lowest BCUT2D eigenvalue weighted by molar-refractivity contribution is -0.120. The van der Waals surface area contributed by atoms with Gasteiger partial charge in [0, 0.05) is 4.90 Å². The van der Waals surface area contributed by atoms with Crippen molar-refractivity contribution in [2.75, 3.05) is 7.11 Å². The van der Waals surface area contributed by atoms with Crippen LogP contribution >= 0.6 is 11.8 Å². The summed E-state index contributed by atoms with van der Waals surface area (Å²) in [7, 11) is 1.24. The molecule has 1 rings (SSSR count). The molecule has 0 radical (unpaired) electrons. The smallest absolute Gasteiger partial charge is 0.337 e. The Morgan fingerprint density at radius 1 is 1.25 bits per heavy atom. The quantitative estimate of drug-likeness (QED) is 0.606. The molecule has 0 bridgehead atoms. The third kappa shape index (κ3) is 3.30. The molecular formula is C10H8F2O3S. The summed E-state index contributed by atoms with van der Waals surface area (Å²) < 4.78 is 28.3. The SMILES string of the molecule is COC(=O)c1ccc(SC(=O)C(F)F)cc1. The first-order valence-electron chi connectivity index (χ1n) is 4.23. The van der Waals surface area contributed by atoms with Gasteiger partial charge >= 0.3 is 12.4 Å². The molecule has 3 nitrogen and oxygen atoms in total. The molecule has 1 aromatic rings. The molecule has 0 aliphatic heterocycles. The summed E-state index contributed by atoms with van der Waals surface area (Å²) in [6.45, 7) is 0. The number of esters is 1. The van der Waals surface area contributed by atoms with Crippen molar-refractivity contribution < 1.29 is 23.1 Å². The van der Waals surface area contributed by atoms with Gasteiger partial charge in [-0.05, 0) is 36.0 Å². The zero-order valence-electron chi connectivity index (χ0n) is 8.28. The number of rotatable bonds is 3. The van der Waals surface area contributed by atoms with Gasteiger partial charge in [-0.1, -0.05) is 0 Å². The van der Waals surface area contributed by atoms with Gasteiger partial charge in [0.2, 0.25) is 0 Å². The van der Waals surface area contributed by atoms with Crippen molar-refractivity contribution in [2.45, 2.75) is 11.3 Å². The maximum absolute atomic E-state index is 11.9. The van der Waals surface area contributed by atoms with Gasteiger partial charge in [-0.2, -0.15) is 0 Å². The van der Waals surface area contributed by atoms with Crippen molar-refractivity contribution in [3.05, 3.63) is 29.8 Å². The van der Waals surface area contributed by atoms with Crippen molar-refractivity contribution in [3.63, 3.8) is 0 Å². The Morgan fingerprint density at radius 3 is 2.25 bits per heavy atom. The Hall–Kier alpha value is -1.43. The highest BCUT2D eigenvalue weighted by molar-refractivity contribution is 8.13. The molecule has 0 saturated heterocycles. The summed E-state index contributed by atoms with van der Waals surface area (Å²) in [5.74, 6) is -0.517. The van der Waals surface area contributed by atoms with Gasteiger partial charge in [0.05, 0.1) is 12.7 Å². The molecule has 0 aromatic heterocycles. The minimum absolute atomic E-state index is 0.302. The van der Waals surface area contributed by atoms with Crippen LogP contribution in [0.1, 0.15) is 10.4 Å². The van der Waals surface area contributed by atoms with E-state index in [-0.39, 0.29) is 0 Å². The molecule has 0 heterocycles. The Bertz CT molecular complexity index is 390. The third-order valence-corrected chi connectivity index (χ3v) is 2.56.